The minimum atomic E-state index is -0.131. The summed E-state index contributed by atoms with van der Waals surface area (Å²) in [6, 6.07) is 4.20. The number of amides is 1. The van der Waals surface area contributed by atoms with Crippen LogP contribution in [0.2, 0.25) is 0 Å². The van der Waals surface area contributed by atoms with E-state index in [1.54, 1.807) is 7.11 Å². The van der Waals surface area contributed by atoms with Gasteiger partial charge >= 0.3 is 0 Å². The highest BCUT2D eigenvalue weighted by Crippen LogP contribution is 2.26. The van der Waals surface area contributed by atoms with Crippen LogP contribution in [0.4, 0.5) is 0 Å². The quantitative estimate of drug-likeness (QED) is 0.464. The van der Waals surface area contributed by atoms with Gasteiger partial charge in [0.1, 0.15) is 5.75 Å². The number of nitrogens with two attached hydrogens (primary N) is 1. The lowest BCUT2D eigenvalue weighted by Gasteiger charge is -2.12. The van der Waals surface area contributed by atoms with Crippen molar-refractivity contribution in [1.82, 2.24) is 5.43 Å². The normalized spacial score (nSPS) is 10.1. The lowest BCUT2D eigenvalue weighted by atomic mass is 10.0. The Morgan fingerprint density at radius 2 is 2.12 bits per heavy atom. The van der Waals surface area contributed by atoms with Gasteiger partial charge in [-0.05, 0) is 37.8 Å². The maximum Gasteiger partial charge on any atom is 0.233 e. The number of hydrazine groups is 1. The molecule has 94 valence electrons. The summed E-state index contributed by atoms with van der Waals surface area (Å²) in [7, 11) is 1.67. The van der Waals surface area contributed by atoms with Crippen molar-refractivity contribution in [3.8, 4) is 5.75 Å². The summed E-state index contributed by atoms with van der Waals surface area (Å²) in [5.41, 5.74) is 5.62. The van der Waals surface area contributed by atoms with Crippen LogP contribution in [0.1, 0.15) is 29.5 Å². The molecule has 4 heteroatoms. The highest BCUT2D eigenvalue weighted by Gasteiger charge is 2.08. The van der Waals surface area contributed by atoms with Crippen molar-refractivity contribution in [1.29, 1.82) is 0 Å². The number of methoxy groups -OCH3 is 1. The molecule has 0 spiro atoms. The summed E-state index contributed by atoms with van der Waals surface area (Å²) in [6.07, 6.45) is 2.02. The van der Waals surface area contributed by atoms with E-state index >= 15 is 0 Å². The van der Waals surface area contributed by atoms with Crippen LogP contribution in [0.25, 0.3) is 0 Å². The largest absolute Gasteiger partial charge is 0.496 e. The van der Waals surface area contributed by atoms with E-state index in [9.17, 15) is 4.79 Å². The van der Waals surface area contributed by atoms with E-state index in [1.165, 1.54) is 5.56 Å². The van der Waals surface area contributed by atoms with Gasteiger partial charge in [-0.3, -0.25) is 10.2 Å². The molecule has 0 unspecified atom stereocenters. The maximum atomic E-state index is 11.0. The molecule has 1 aromatic carbocycles. The third-order valence-corrected chi connectivity index (χ3v) is 2.71. The van der Waals surface area contributed by atoms with Gasteiger partial charge in [-0.25, -0.2) is 5.84 Å². The molecule has 4 nitrogen and oxygen atoms in total. The lowest BCUT2D eigenvalue weighted by Crippen LogP contribution is -2.29. The standard InChI is InChI=1S/C13H20N2O2/c1-9-7-10(2)13(17-3)11(8-9)5-4-6-12(16)15-14/h7-8H,4-6,14H2,1-3H3,(H,15,16). The van der Waals surface area contributed by atoms with E-state index in [0.29, 0.717) is 6.42 Å². The van der Waals surface area contributed by atoms with Gasteiger partial charge in [0.25, 0.3) is 0 Å². The molecular formula is C13H20N2O2. The number of hydrogen-bond donors (Lipinski definition) is 2. The second kappa shape index (κ2) is 6.25. The van der Waals surface area contributed by atoms with Crippen LogP contribution in [-0.4, -0.2) is 13.0 Å². The molecule has 0 heterocycles. The molecule has 1 aromatic rings. The summed E-state index contributed by atoms with van der Waals surface area (Å²) in [4.78, 5) is 11.0. The number of hydrogen-bond acceptors (Lipinski definition) is 3. The van der Waals surface area contributed by atoms with Crippen LogP contribution < -0.4 is 16.0 Å². The van der Waals surface area contributed by atoms with E-state index in [1.807, 2.05) is 6.92 Å². The van der Waals surface area contributed by atoms with Gasteiger partial charge in [-0.2, -0.15) is 0 Å². The van der Waals surface area contributed by atoms with E-state index < -0.39 is 0 Å². The molecule has 1 rings (SSSR count). The molecule has 3 N–H and O–H groups in total. The average molecular weight is 236 g/mol. The van der Waals surface area contributed by atoms with Crippen molar-refractivity contribution < 1.29 is 9.53 Å². The van der Waals surface area contributed by atoms with Crippen LogP contribution in [-0.2, 0) is 11.2 Å². The molecule has 0 atom stereocenters. The third kappa shape index (κ3) is 3.75. The second-order valence-electron chi connectivity index (χ2n) is 4.20. The Kier molecular flexibility index (Phi) is 4.97. The molecule has 0 fully saturated rings. The Balaban J connectivity index is 2.72. The first kappa shape index (κ1) is 13.5. The topological polar surface area (TPSA) is 64.3 Å². The molecule has 17 heavy (non-hydrogen) atoms. The van der Waals surface area contributed by atoms with Crippen molar-refractivity contribution in [3.63, 3.8) is 0 Å². The van der Waals surface area contributed by atoms with Crippen LogP contribution in [0.3, 0.4) is 0 Å². The van der Waals surface area contributed by atoms with Crippen molar-refractivity contribution in [3.05, 3.63) is 28.8 Å². The number of ether oxygens (including phenoxy) is 1. The molecule has 0 saturated carbocycles. The van der Waals surface area contributed by atoms with Gasteiger partial charge < -0.3 is 4.74 Å². The molecule has 0 aromatic heterocycles. The van der Waals surface area contributed by atoms with E-state index in [0.717, 1.165) is 29.7 Å². The van der Waals surface area contributed by atoms with Crippen molar-refractivity contribution in [2.45, 2.75) is 33.1 Å². The summed E-state index contributed by atoms with van der Waals surface area (Å²) in [5.74, 6) is 5.82. The minimum Gasteiger partial charge on any atom is -0.496 e. The lowest BCUT2D eigenvalue weighted by molar-refractivity contribution is -0.121. The molecular weight excluding hydrogens is 216 g/mol. The summed E-state index contributed by atoms with van der Waals surface area (Å²) in [6.45, 7) is 4.09. The van der Waals surface area contributed by atoms with Crippen molar-refractivity contribution in [2.24, 2.45) is 5.84 Å². The number of aryl methyl sites for hydroxylation is 3. The zero-order valence-electron chi connectivity index (χ0n) is 10.7. The van der Waals surface area contributed by atoms with Crippen LogP contribution in [0.5, 0.6) is 5.75 Å². The minimum absolute atomic E-state index is 0.131. The van der Waals surface area contributed by atoms with Crippen LogP contribution in [0.15, 0.2) is 12.1 Å². The Morgan fingerprint density at radius 1 is 1.41 bits per heavy atom. The molecule has 1 amide bonds. The van der Waals surface area contributed by atoms with Gasteiger partial charge in [-0.1, -0.05) is 17.7 Å². The fourth-order valence-electron chi connectivity index (χ4n) is 2.03. The number of nitrogens with one attached hydrogen (secondary N) is 1. The molecule has 0 aliphatic rings. The Hall–Kier alpha value is -1.55. The molecule has 0 aliphatic carbocycles. The van der Waals surface area contributed by atoms with Gasteiger partial charge in [-0.15, -0.1) is 0 Å². The highest BCUT2D eigenvalue weighted by molar-refractivity contribution is 5.75. The fourth-order valence-corrected chi connectivity index (χ4v) is 2.03. The SMILES string of the molecule is COc1c(C)cc(C)cc1CCCC(=O)NN. The van der Waals surface area contributed by atoms with Gasteiger partial charge in [0.2, 0.25) is 5.91 Å². The zero-order valence-corrected chi connectivity index (χ0v) is 10.7. The Morgan fingerprint density at radius 3 is 2.71 bits per heavy atom. The smallest absolute Gasteiger partial charge is 0.233 e. The van der Waals surface area contributed by atoms with Crippen LogP contribution >= 0.6 is 0 Å². The average Bonchev–Trinajstić information content (AvgIpc) is 2.28. The first-order chi connectivity index (χ1) is 8.08. The summed E-state index contributed by atoms with van der Waals surface area (Å²) < 4.78 is 5.39. The monoisotopic (exact) mass is 236 g/mol. The van der Waals surface area contributed by atoms with E-state index in [2.05, 4.69) is 24.5 Å². The molecule has 0 aliphatic heterocycles. The predicted molar refractivity (Wildman–Crippen MR) is 67.7 cm³/mol. The number of carbonyl (C=O) groups is 1. The molecule has 0 radical (unpaired) electrons. The van der Waals surface area contributed by atoms with E-state index in [4.69, 9.17) is 10.6 Å². The van der Waals surface area contributed by atoms with Gasteiger partial charge in [0.15, 0.2) is 0 Å². The Bertz CT molecular complexity index is 403. The van der Waals surface area contributed by atoms with Crippen molar-refractivity contribution >= 4 is 5.91 Å². The summed E-state index contributed by atoms with van der Waals surface area (Å²) >= 11 is 0. The number of benzene rings is 1. The van der Waals surface area contributed by atoms with Gasteiger partial charge in [0, 0.05) is 6.42 Å². The summed E-state index contributed by atoms with van der Waals surface area (Å²) in [5, 5.41) is 0. The number of carbonyl (C=O) groups excluding carboxylic acids is 1. The zero-order chi connectivity index (χ0) is 12.8. The van der Waals surface area contributed by atoms with Crippen molar-refractivity contribution in [2.75, 3.05) is 7.11 Å². The van der Waals surface area contributed by atoms with Gasteiger partial charge in [0.05, 0.1) is 7.11 Å². The molecule has 0 bridgehead atoms. The fraction of sp³-hybridized carbons (Fsp3) is 0.462. The predicted octanol–water partition coefficient (Wildman–Crippen LogP) is 1.62. The highest BCUT2D eigenvalue weighted by atomic mass is 16.5. The van der Waals surface area contributed by atoms with E-state index in [-0.39, 0.29) is 5.91 Å². The Labute approximate surface area is 102 Å². The number of rotatable bonds is 5. The van der Waals surface area contributed by atoms with Crippen LogP contribution in [0, 0.1) is 13.8 Å². The first-order valence-electron chi connectivity index (χ1n) is 5.72. The maximum absolute atomic E-state index is 11.0. The third-order valence-electron chi connectivity index (χ3n) is 2.71. The molecule has 0 saturated heterocycles. The first-order valence-corrected chi connectivity index (χ1v) is 5.72. The second-order valence-corrected chi connectivity index (χ2v) is 4.20.